The second kappa shape index (κ2) is 8.16. The molecule has 3 aromatic carbocycles. The SMILES string of the molecule is C[Si](C)(C)C=CC[PH](c1ccccc1)(c1ccccc1)c1ccccc1. The fraction of sp³-hybridized carbons (Fsp3) is 0.167. The van der Waals surface area contributed by atoms with Crippen LogP contribution >= 0.6 is 7.26 Å². The molecule has 0 radical (unpaired) electrons. The van der Waals surface area contributed by atoms with E-state index in [2.05, 4.69) is 122 Å². The summed E-state index contributed by atoms with van der Waals surface area (Å²) in [5.74, 6) is 0. The average molecular weight is 377 g/mol. The molecule has 0 saturated heterocycles. The second-order valence-electron chi connectivity index (χ2n) is 7.98. The number of rotatable bonds is 6. The Morgan fingerprint density at radius 2 is 0.962 bits per heavy atom. The Labute approximate surface area is 160 Å². The van der Waals surface area contributed by atoms with Crippen molar-refractivity contribution in [2.45, 2.75) is 19.6 Å². The molecule has 0 nitrogen and oxygen atoms in total. The zero-order valence-corrected chi connectivity index (χ0v) is 18.0. The minimum atomic E-state index is -2.09. The third-order valence-electron chi connectivity index (χ3n) is 4.84. The molecule has 26 heavy (non-hydrogen) atoms. The molecule has 0 heterocycles. The normalized spacial score (nSPS) is 13.0. The Hall–Kier alpha value is -1.95. The number of allylic oxidation sites excluding steroid dienone is 1. The van der Waals surface area contributed by atoms with Crippen LogP contribution in [0.25, 0.3) is 0 Å². The molecule has 0 unspecified atom stereocenters. The topological polar surface area (TPSA) is 0 Å². The van der Waals surface area contributed by atoms with Crippen molar-refractivity contribution in [1.29, 1.82) is 0 Å². The van der Waals surface area contributed by atoms with Gasteiger partial charge in [-0.05, 0) is 0 Å². The predicted molar refractivity (Wildman–Crippen MR) is 124 cm³/mol. The summed E-state index contributed by atoms with van der Waals surface area (Å²) in [6.45, 7) is 7.21. The van der Waals surface area contributed by atoms with Crippen molar-refractivity contribution in [2.75, 3.05) is 6.16 Å². The van der Waals surface area contributed by atoms with E-state index in [-0.39, 0.29) is 0 Å². The summed E-state index contributed by atoms with van der Waals surface area (Å²) in [5.41, 5.74) is 2.50. The molecule has 0 spiro atoms. The van der Waals surface area contributed by atoms with Crippen LogP contribution in [0.1, 0.15) is 0 Å². The van der Waals surface area contributed by atoms with E-state index < -0.39 is 15.3 Å². The van der Waals surface area contributed by atoms with Gasteiger partial charge in [0.15, 0.2) is 0 Å². The molecule has 3 rings (SSSR count). The molecule has 0 aliphatic carbocycles. The monoisotopic (exact) mass is 376 g/mol. The fourth-order valence-electron chi connectivity index (χ4n) is 3.61. The average Bonchev–Trinajstić information content (AvgIpc) is 2.67. The number of hydrogen-bond acceptors (Lipinski definition) is 0. The molecule has 0 aromatic heterocycles. The molecule has 3 aromatic rings. The maximum absolute atomic E-state index is 2.50. The first-order valence-electron chi connectivity index (χ1n) is 9.37. The quantitative estimate of drug-likeness (QED) is 0.412. The zero-order valence-electron chi connectivity index (χ0n) is 16.0. The van der Waals surface area contributed by atoms with Crippen LogP contribution in [0.5, 0.6) is 0 Å². The van der Waals surface area contributed by atoms with Crippen LogP contribution in [0, 0.1) is 0 Å². The minimum absolute atomic E-state index is 1.11. The molecular weight excluding hydrogens is 347 g/mol. The van der Waals surface area contributed by atoms with Crippen LogP contribution in [-0.4, -0.2) is 14.2 Å². The van der Waals surface area contributed by atoms with Gasteiger partial charge in [-0.1, -0.05) is 0 Å². The zero-order chi connectivity index (χ0) is 18.5. The van der Waals surface area contributed by atoms with Crippen LogP contribution in [0.3, 0.4) is 0 Å². The summed E-state index contributed by atoms with van der Waals surface area (Å²) in [5, 5.41) is 4.45. The van der Waals surface area contributed by atoms with E-state index in [1.807, 2.05) is 0 Å². The summed E-state index contributed by atoms with van der Waals surface area (Å²) in [4.78, 5) is 0. The fourth-order valence-corrected chi connectivity index (χ4v) is 9.13. The van der Waals surface area contributed by atoms with E-state index in [0.29, 0.717) is 0 Å². The van der Waals surface area contributed by atoms with Crippen molar-refractivity contribution in [3.8, 4) is 0 Å². The van der Waals surface area contributed by atoms with Gasteiger partial charge in [0.05, 0.1) is 0 Å². The molecule has 0 aliphatic rings. The van der Waals surface area contributed by atoms with E-state index in [0.717, 1.165) is 6.16 Å². The van der Waals surface area contributed by atoms with Crippen molar-refractivity contribution < 1.29 is 0 Å². The molecule has 0 saturated carbocycles. The molecular formula is C24H29PSi. The van der Waals surface area contributed by atoms with E-state index in [1.54, 1.807) is 0 Å². The van der Waals surface area contributed by atoms with E-state index in [1.165, 1.54) is 15.9 Å². The Kier molecular flexibility index (Phi) is 5.91. The predicted octanol–water partition coefficient (Wildman–Crippen LogP) is 5.15. The van der Waals surface area contributed by atoms with Gasteiger partial charge >= 0.3 is 160 Å². The molecule has 0 N–H and O–H groups in total. The first-order valence-corrected chi connectivity index (χ1v) is 15.2. The van der Waals surface area contributed by atoms with Crippen LogP contribution in [0.4, 0.5) is 0 Å². The standard InChI is InChI=1S/C24H29PSi/c1-26(2,3)21-13-20-25(22-14-7-4-8-15-22,23-16-9-5-10-17-23)24-18-11-6-12-19-24/h4-19,21,25H,20H2,1-3H3. The summed E-state index contributed by atoms with van der Waals surface area (Å²) < 4.78 is 0. The van der Waals surface area contributed by atoms with Crippen LogP contribution in [0.2, 0.25) is 19.6 Å². The van der Waals surface area contributed by atoms with Crippen molar-refractivity contribution in [3.63, 3.8) is 0 Å². The van der Waals surface area contributed by atoms with Crippen LogP contribution < -0.4 is 15.9 Å². The molecule has 134 valence electrons. The molecule has 0 amide bonds. The van der Waals surface area contributed by atoms with Gasteiger partial charge < -0.3 is 0 Å². The Bertz CT molecular complexity index is 737. The van der Waals surface area contributed by atoms with Crippen molar-refractivity contribution in [3.05, 3.63) is 103 Å². The van der Waals surface area contributed by atoms with Gasteiger partial charge in [0, 0.05) is 0 Å². The van der Waals surface area contributed by atoms with E-state index >= 15 is 0 Å². The van der Waals surface area contributed by atoms with Gasteiger partial charge in [-0.3, -0.25) is 0 Å². The Morgan fingerprint density at radius 3 is 1.27 bits per heavy atom. The second-order valence-corrected chi connectivity index (χ2v) is 17.0. The van der Waals surface area contributed by atoms with Crippen LogP contribution in [-0.2, 0) is 0 Å². The molecule has 2 heteroatoms. The molecule has 0 fully saturated rings. The Morgan fingerprint density at radius 1 is 0.615 bits per heavy atom. The number of hydrogen-bond donors (Lipinski definition) is 0. The summed E-state index contributed by atoms with van der Waals surface area (Å²) in [6, 6.07) is 33.4. The summed E-state index contributed by atoms with van der Waals surface area (Å²) in [6.07, 6.45) is 3.58. The van der Waals surface area contributed by atoms with E-state index in [9.17, 15) is 0 Å². The third-order valence-corrected chi connectivity index (χ3v) is 10.9. The maximum atomic E-state index is 2.50. The summed E-state index contributed by atoms with van der Waals surface area (Å²) >= 11 is 0. The molecule has 0 bridgehead atoms. The molecule has 0 aliphatic heterocycles. The third kappa shape index (κ3) is 4.23. The van der Waals surface area contributed by atoms with Crippen LogP contribution in [0.15, 0.2) is 103 Å². The first-order chi connectivity index (χ1) is 12.5. The van der Waals surface area contributed by atoms with Crippen molar-refractivity contribution in [2.24, 2.45) is 0 Å². The first kappa shape index (κ1) is 18.8. The number of benzene rings is 3. The van der Waals surface area contributed by atoms with Gasteiger partial charge in [-0.25, -0.2) is 0 Å². The summed E-state index contributed by atoms with van der Waals surface area (Å²) in [7, 11) is -3.31. The van der Waals surface area contributed by atoms with Gasteiger partial charge in [-0.15, -0.1) is 0 Å². The van der Waals surface area contributed by atoms with Gasteiger partial charge in [0.1, 0.15) is 0 Å². The van der Waals surface area contributed by atoms with Gasteiger partial charge in [0.2, 0.25) is 0 Å². The Balaban J connectivity index is 2.23. The van der Waals surface area contributed by atoms with E-state index in [4.69, 9.17) is 0 Å². The van der Waals surface area contributed by atoms with Gasteiger partial charge in [0.25, 0.3) is 0 Å². The van der Waals surface area contributed by atoms with Crippen molar-refractivity contribution in [1.82, 2.24) is 0 Å². The molecule has 0 atom stereocenters. The van der Waals surface area contributed by atoms with Crippen molar-refractivity contribution >= 4 is 31.2 Å². The van der Waals surface area contributed by atoms with Gasteiger partial charge in [-0.2, -0.15) is 0 Å².